The fraction of sp³-hybridized carbons (Fsp3) is 0.227. The first-order valence-electron chi connectivity index (χ1n) is 9.84. The number of hydrazone groups is 1. The summed E-state index contributed by atoms with van der Waals surface area (Å²) in [6.07, 6.45) is -1.21. The molecule has 172 valence electrons. The Kier molecular flexibility index (Phi) is 6.15. The van der Waals surface area contributed by atoms with Gasteiger partial charge in [0.25, 0.3) is 0 Å². The maximum absolute atomic E-state index is 14.8. The molecule has 0 radical (unpaired) electrons. The zero-order valence-electron chi connectivity index (χ0n) is 16.8. The molecule has 0 aliphatic heterocycles. The van der Waals surface area contributed by atoms with E-state index in [-0.39, 0.29) is 27.9 Å². The summed E-state index contributed by atoms with van der Waals surface area (Å²) in [6.45, 7) is 0. The Bertz CT molecular complexity index is 1220. The minimum atomic E-state index is -4.69. The van der Waals surface area contributed by atoms with Crippen LogP contribution in [0.1, 0.15) is 40.7 Å². The molecule has 1 N–H and O–H groups in total. The van der Waals surface area contributed by atoms with Gasteiger partial charge >= 0.3 is 12.1 Å². The van der Waals surface area contributed by atoms with Crippen molar-refractivity contribution in [2.24, 2.45) is 5.10 Å². The van der Waals surface area contributed by atoms with Crippen LogP contribution in [0.15, 0.2) is 47.6 Å². The number of halogens is 5. The highest BCUT2D eigenvalue weighted by Gasteiger charge is 2.35. The van der Waals surface area contributed by atoms with Gasteiger partial charge in [-0.25, -0.2) is 19.2 Å². The molecule has 1 heterocycles. The standard InChI is InChI=1S/C22H16F5N3O2S/c23-13-9-8-12(16(10-13)20(31)32)11-28-30(14-4-3-5-14)21-29-18(19(24)33-21)15-6-1-2-7-17(15)22(25,26)27/h1-2,6-11,14H,3-5H2,(H,31,32)/b28-11+. The zero-order valence-corrected chi connectivity index (χ0v) is 17.6. The smallest absolute Gasteiger partial charge is 0.417 e. The van der Waals surface area contributed by atoms with Crippen LogP contribution in [0.3, 0.4) is 0 Å². The summed E-state index contributed by atoms with van der Waals surface area (Å²) < 4.78 is 68.4. The summed E-state index contributed by atoms with van der Waals surface area (Å²) in [5, 5.41) is 14.1. The van der Waals surface area contributed by atoms with Crippen LogP contribution in [0, 0.1) is 10.9 Å². The third-order valence-electron chi connectivity index (χ3n) is 5.25. The number of alkyl halides is 3. The van der Waals surface area contributed by atoms with E-state index in [2.05, 4.69) is 10.1 Å². The Balaban J connectivity index is 1.73. The van der Waals surface area contributed by atoms with E-state index >= 15 is 0 Å². The van der Waals surface area contributed by atoms with Crippen LogP contribution in [-0.2, 0) is 6.18 Å². The van der Waals surface area contributed by atoms with Gasteiger partial charge in [-0.2, -0.15) is 22.7 Å². The van der Waals surface area contributed by atoms with Crippen molar-refractivity contribution in [2.75, 3.05) is 5.01 Å². The average molecular weight is 481 g/mol. The molecule has 2 aromatic carbocycles. The van der Waals surface area contributed by atoms with Crippen molar-refractivity contribution < 1.29 is 31.9 Å². The summed E-state index contributed by atoms with van der Waals surface area (Å²) in [4.78, 5) is 15.5. The SMILES string of the molecule is O=C(O)c1cc(F)ccc1/C=N/N(c1nc(-c2ccccc2C(F)(F)F)c(F)s1)C1CCC1. The summed E-state index contributed by atoms with van der Waals surface area (Å²) in [5.74, 6) is -2.08. The third kappa shape index (κ3) is 4.72. The van der Waals surface area contributed by atoms with Crippen LogP contribution in [0.25, 0.3) is 11.3 Å². The van der Waals surface area contributed by atoms with Gasteiger partial charge in [0, 0.05) is 11.1 Å². The Morgan fingerprint density at radius 3 is 2.55 bits per heavy atom. The number of carboxylic acid groups (broad SMARTS) is 1. The van der Waals surface area contributed by atoms with Gasteiger partial charge in [-0.15, -0.1) is 0 Å². The number of carboxylic acids is 1. The molecule has 0 atom stereocenters. The maximum Gasteiger partial charge on any atom is 0.417 e. The molecular formula is C22H16F5N3O2S. The van der Waals surface area contributed by atoms with Gasteiger partial charge in [-0.1, -0.05) is 29.5 Å². The Morgan fingerprint density at radius 1 is 1.18 bits per heavy atom. The van der Waals surface area contributed by atoms with Crippen molar-refractivity contribution in [2.45, 2.75) is 31.5 Å². The lowest BCUT2D eigenvalue weighted by Gasteiger charge is -2.33. The number of aromatic carboxylic acids is 1. The zero-order chi connectivity index (χ0) is 23.8. The highest BCUT2D eigenvalue weighted by molar-refractivity contribution is 7.14. The second-order valence-corrected chi connectivity index (χ2v) is 8.30. The molecule has 33 heavy (non-hydrogen) atoms. The van der Waals surface area contributed by atoms with E-state index in [4.69, 9.17) is 0 Å². The van der Waals surface area contributed by atoms with Crippen molar-refractivity contribution >= 4 is 28.7 Å². The lowest BCUT2D eigenvalue weighted by Crippen LogP contribution is -2.36. The van der Waals surface area contributed by atoms with Crippen molar-refractivity contribution in [1.29, 1.82) is 0 Å². The van der Waals surface area contributed by atoms with Crippen molar-refractivity contribution in [3.63, 3.8) is 0 Å². The first-order valence-corrected chi connectivity index (χ1v) is 10.7. The minimum absolute atomic E-state index is 0.0411. The molecule has 0 bridgehead atoms. The molecule has 0 spiro atoms. The molecule has 1 aliphatic carbocycles. The van der Waals surface area contributed by atoms with Gasteiger partial charge in [0.15, 0.2) is 0 Å². The van der Waals surface area contributed by atoms with E-state index in [0.717, 1.165) is 30.7 Å². The molecule has 1 fully saturated rings. The molecule has 1 aliphatic rings. The van der Waals surface area contributed by atoms with Crippen LogP contribution in [0.2, 0.25) is 0 Å². The Hall–Kier alpha value is -3.34. The minimum Gasteiger partial charge on any atom is -0.478 e. The number of nitrogens with zero attached hydrogens (tertiary/aromatic N) is 3. The topological polar surface area (TPSA) is 65.8 Å². The molecular weight excluding hydrogens is 465 g/mol. The van der Waals surface area contributed by atoms with Crippen LogP contribution in [-0.4, -0.2) is 28.3 Å². The van der Waals surface area contributed by atoms with Gasteiger partial charge in [0.2, 0.25) is 10.3 Å². The number of carbonyl (C=O) groups is 1. The fourth-order valence-corrected chi connectivity index (χ4v) is 4.21. The molecule has 0 saturated heterocycles. The third-order valence-corrected chi connectivity index (χ3v) is 6.08. The van der Waals surface area contributed by atoms with Gasteiger partial charge < -0.3 is 5.11 Å². The summed E-state index contributed by atoms with van der Waals surface area (Å²) in [7, 11) is 0. The molecule has 0 unspecified atom stereocenters. The number of rotatable bonds is 6. The molecule has 1 saturated carbocycles. The van der Waals surface area contributed by atoms with Gasteiger partial charge in [0.1, 0.15) is 11.5 Å². The summed E-state index contributed by atoms with van der Waals surface area (Å²) in [5.41, 5.74) is -2.01. The second-order valence-electron chi connectivity index (χ2n) is 7.37. The van der Waals surface area contributed by atoms with E-state index in [0.29, 0.717) is 24.2 Å². The van der Waals surface area contributed by atoms with Gasteiger partial charge in [-0.3, -0.25) is 0 Å². The summed E-state index contributed by atoms with van der Waals surface area (Å²) in [6, 6.07) is 7.60. The van der Waals surface area contributed by atoms with Crippen LogP contribution >= 0.6 is 11.3 Å². The first kappa shape index (κ1) is 22.8. The number of benzene rings is 2. The summed E-state index contributed by atoms with van der Waals surface area (Å²) >= 11 is 0.553. The van der Waals surface area contributed by atoms with E-state index in [9.17, 15) is 31.9 Å². The number of anilines is 1. The molecule has 5 nitrogen and oxygen atoms in total. The van der Waals surface area contributed by atoms with Gasteiger partial charge in [0.05, 0.1) is 23.4 Å². The monoisotopic (exact) mass is 481 g/mol. The number of hydrogen-bond donors (Lipinski definition) is 1. The fourth-order valence-electron chi connectivity index (χ4n) is 3.37. The van der Waals surface area contributed by atoms with Crippen LogP contribution in [0.4, 0.5) is 27.1 Å². The molecule has 1 aromatic heterocycles. The molecule has 3 aromatic rings. The number of hydrogen-bond acceptors (Lipinski definition) is 5. The average Bonchev–Trinajstić information content (AvgIpc) is 3.10. The largest absolute Gasteiger partial charge is 0.478 e. The lowest BCUT2D eigenvalue weighted by molar-refractivity contribution is -0.137. The highest BCUT2D eigenvalue weighted by Crippen LogP contribution is 2.41. The van der Waals surface area contributed by atoms with Crippen LogP contribution in [0.5, 0.6) is 0 Å². The number of aromatic nitrogens is 1. The molecule has 11 heteroatoms. The first-order chi connectivity index (χ1) is 15.6. The van der Waals surface area contributed by atoms with Crippen molar-refractivity contribution in [3.8, 4) is 11.3 Å². The van der Waals surface area contributed by atoms with Crippen molar-refractivity contribution in [3.05, 3.63) is 70.1 Å². The normalized spacial score (nSPS) is 14.5. The van der Waals surface area contributed by atoms with Crippen molar-refractivity contribution in [1.82, 2.24) is 4.98 Å². The van der Waals surface area contributed by atoms with Gasteiger partial charge in [-0.05, 0) is 43.5 Å². The van der Waals surface area contributed by atoms with E-state index in [1.165, 1.54) is 29.4 Å². The quantitative estimate of drug-likeness (QED) is 0.259. The predicted molar refractivity (Wildman–Crippen MR) is 114 cm³/mol. The molecule has 0 amide bonds. The maximum atomic E-state index is 14.8. The van der Waals surface area contributed by atoms with E-state index < -0.39 is 34.4 Å². The van der Waals surface area contributed by atoms with E-state index in [1.807, 2.05) is 0 Å². The highest BCUT2D eigenvalue weighted by atomic mass is 32.1. The van der Waals surface area contributed by atoms with E-state index in [1.54, 1.807) is 0 Å². The molecule has 4 rings (SSSR count). The predicted octanol–water partition coefficient (Wildman–Crippen LogP) is 6.20. The Morgan fingerprint density at radius 2 is 1.91 bits per heavy atom. The number of thiazole rings is 1. The Labute approximate surface area is 188 Å². The van der Waals surface area contributed by atoms with Crippen LogP contribution < -0.4 is 5.01 Å². The second kappa shape index (κ2) is 8.89. The lowest BCUT2D eigenvalue weighted by atomic mass is 9.93.